The quantitative estimate of drug-likeness (QED) is 0.477. The molecule has 0 fully saturated rings. The molecule has 0 aliphatic heterocycles. The molecule has 0 saturated heterocycles. The molecule has 1 heteroatoms. The monoisotopic (exact) mass is 185 g/mol. The van der Waals surface area contributed by atoms with Crippen molar-refractivity contribution in [3.8, 4) is 0 Å². The van der Waals surface area contributed by atoms with E-state index in [9.17, 15) is 0 Å². The molecular weight excluding hydrogens is 155 g/mol. The van der Waals surface area contributed by atoms with Gasteiger partial charge in [-0.2, -0.15) is 0 Å². The summed E-state index contributed by atoms with van der Waals surface area (Å²) in [7, 11) is 0. The zero-order chi connectivity index (χ0) is 11.0. The first kappa shape index (κ1) is 23.1. The molecule has 0 unspecified atom stereocenters. The molecule has 3 radical (unpaired) electrons. The Hall–Kier alpha value is 0.0649. The highest BCUT2D eigenvalue weighted by molar-refractivity contribution is 5.75. The SMILES string of the molecule is CC.CC(C)(C)C.CC(C)(C)C.[B]. The van der Waals surface area contributed by atoms with Crippen molar-refractivity contribution >= 4 is 8.41 Å². The summed E-state index contributed by atoms with van der Waals surface area (Å²) in [5, 5.41) is 0. The summed E-state index contributed by atoms with van der Waals surface area (Å²) in [4.78, 5) is 0. The third-order valence-electron chi connectivity index (χ3n) is 0. The van der Waals surface area contributed by atoms with E-state index < -0.39 is 0 Å². The third-order valence-corrected chi connectivity index (χ3v) is 0. The maximum Gasteiger partial charge on any atom is 0 e. The van der Waals surface area contributed by atoms with Gasteiger partial charge in [-0.05, 0) is 10.8 Å². The summed E-state index contributed by atoms with van der Waals surface area (Å²) in [6.45, 7) is 21.5. The Kier molecular flexibility index (Phi) is 18.1. The van der Waals surface area contributed by atoms with Gasteiger partial charge in [-0.25, -0.2) is 0 Å². The molecule has 81 valence electrons. The highest BCUT2D eigenvalue weighted by Gasteiger charge is 1.96. The molecule has 0 bridgehead atoms. The van der Waals surface area contributed by atoms with Gasteiger partial charge in [-0.15, -0.1) is 0 Å². The van der Waals surface area contributed by atoms with Crippen LogP contribution in [0.5, 0.6) is 0 Å². The Bertz CT molecular complexity index is 48.1. The van der Waals surface area contributed by atoms with Crippen LogP contribution in [0.2, 0.25) is 0 Å². The van der Waals surface area contributed by atoms with Crippen LogP contribution in [0, 0.1) is 10.8 Å². The Labute approximate surface area is 89.1 Å². The lowest BCUT2D eigenvalue weighted by Crippen LogP contribution is -1.93. The van der Waals surface area contributed by atoms with E-state index in [-0.39, 0.29) is 8.41 Å². The van der Waals surface area contributed by atoms with Crippen molar-refractivity contribution in [2.24, 2.45) is 10.8 Å². The van der Waals surface area contributed by atoms with Crippen LogP contribution < -0.4 is 0 Å². The van der Waals surface area contributed by atoms with Crippen LogP contribution in [-0.4, -0.2) is 8.41 Å². The van der Waals surface area contributed by atoms with E-state index >= 15 is 0 Å². The Morgan fingerprint density at radius 2 is 0.462 bits per heavy atom. The maximum atomic E-state index is 2.19. The molecule has 0 aromatic carbocycles. The van der Waals surface area contributed by atoms with Crippen LogP contribution in [0.25, 0.3) is 0 Å². The van der Waals surface area contributed by atoms with Gasteiger partial charge in [0.05, 0.1) is 0 Å². The first-order chi connectivity index (χ1) is 5.00. The van der Waals surface area contributed by atoms with E-state index in [4.69, 9.17) is 0 Å². The van der Waals surface area contributed by atoms with Crippen molar-refractivity contribution in [3.63, 3.8) is 0 Å². The van der Waals surface area contributed by atoms with Crippen molar-refractivity contribution in [3.05, 3.63) is 0 Å². The predicted octanol–water partition coefficient (Wildman–Crippen LogP) is 4.75. The number of hydrogen-bond donors (Lipinski definition) is 0. The van der Waals surface area contributed by atoms with Gasteiger partial charge < -0.3 is 0 Å². The molecule has 0 rings (SSSR count). The summed E-state index contributed by atoms with van der Waals surface area (Å²) in [6, 6.07) is 0. The second kappa shape index (κ2) is 10.1. The molecule has 0 atom stereocenters. The van der Waals surface area contributed by atoms with E-state index in [2.05, 4.69) is 55.4 Å². The molecule has 0 spiro atoms. The molecule has 13 heavy (non-hydrogen) atoms. The van der Waals surface area contributed by atoms with Gasteiger partial charge in [0.15, 0.2) is 0 Å². The van der Waals surface area contributed by atoms with E-state index in [0.29, 0.717) is 10.8 Å². The minimum Gasteiger partial charge on any atom is -0.0683 e. The molecule has 0 saturated carbocycles. The molecule has 0 nitrogen and oxygen atoms in total. The highest BCUT2D eigenvalue weighted by atomic mass is 14.0. The fourth-order valence-corrected chi connectivity index (χ4v) is 0. The summed E-state index contributed by atoms with van der Waals surface area (Å²) < 4.78 is 0. The normalized spacial score (nSPS) is 9.69. The van der Waals surface area contributed by atoms with E-state index in [1.54, 1.807) is 0 Å². The van der Waals surface area contributed by atoms with Crippen LogP contribution >= 0.6 is 0 Å². The van der Waals surface area contributed by atoms with Crippen molar-refractivity contribution in [1.82, 2.24) is 0 Å². The summed E-state index contributed by atoms with van der Waals surface area (Å²) in [5.74, 6) is 0. The zero-order valence-electron chi connectivity index (χ0n) is 11.6. The highest BCUT2D eigenvalue weighted by Crippen LogP contribution is 2.08. The third kappa shape index (κ3) is 290000. The van der Waals surface area contributed by atoms with Crippen molar-refractivity contribution in [1.29, 1.82) is 0 Å². The van der Waals surface area contributed by atoms with Gasteiger partial charge in [-0.3, -0.25) is 0 Å². The molecule has 0 amide bonds. The number of rotatable bonds is 0. The largest absolute Gasteiger partial charge is 0.0683 e. The molecular formula is C12H30B. The van der Waals surface area contributed by atoms with Crippen LogP contribution in [0.1, 0.15) is 69.2 Å². The lowest BCUT2D eigenvalue weighted by molar-refractivity contribution is 0.469. The molecule has 0 N–H and O–H groups in total. The molecule has 0 heterocycles. The molecule has 0 aliphatic rings. The van der Waals surface area contributed by atoms with E-state index in [1.807, 2.05) is 13.8 Å². The van der Waals surface area contributed by atoms with Crippen molar-refractivity contribution in [2.75, 3.05) is 0 Å². The van der Waals surface area contributed by atoms with Gasteiger partial charge in [0.2, 0.25) is 0 Å². The lowest BCUT2D eigenvalue weighted by atomic mass is 10.0. The topological polar surface area (TPSA) is 0 Å². The second-order valence-electron chi connectivity index (χ2n) is 6.00. The zero-order valence-corrected chi connectivity index (χ0v) is 11.6. The van der Waals surface area contributed by atoms with Gasteiger partial charge >= 0.3 is 0 Å². The average molecular weight is 185 g/mol. The van der Waals surface area contributed by atoms with Gasteiger partial charge in [0.25, 0.3) is 0 Å². The lowest BCUT2D eigenvalue weighted by Gasteiger charge is -2.05. The van der Waals surface area contributed by atoms with E-state index in [0.717, 1.165) is 0 Å². The standard InChI is InChI=1S/2C5H12.C2H6.B/c2*1-5(2,3)4;1-2;/h2*1-4H3;1-2H3;. The van der Waals surface area contributed by atoms with Crippen LogP contribution in [0.3, 0.4) is 0 Å². The summed E-state index contributed by atoms with van der Waals surface area (Å²) in [6.07, 6.45) is 0. The van der Waals surface area contributed by atoms with Crippen LogP contribution in [0.4, 0.5) is 0 Å². The fraction of sp³-hybridized carbons (Fsp3) is 1.00. The Morgan fingerprint density at radius 1 is 0.462 bits per heavy atom. The van der Waals surface area contributed by atoms with Crippen LogP contribution in [-0.2, 0) is 0 Å². The molecule has 0 aromatic rings. The fourth-order valence-electron chi connectivity index (χ4n) is 0. The van der Waals surface area contributed by atoms with Crippen molar-refractivity contribution in [2.45, 2.75) is 69.2 Å². The Balaban J connectivity index is -0.0000000491. The summed E-state index contributed by atoms with van der Waals surface area (Å²) >= 11 is 0. The second-order valence-corrected chi connectivity index (χ2v) is 6.00. The van der Waals surface area contributed by atoms with Gasteiger partial charge in [0, 0.05) is 8.41 Å². The number of hydrogen-bond acceptors (Lipinski definition) is 0. The minimum absolute atomic E-state index is 0. The molecule has 0 aliphatic carbocycles. The predicted molar refractivity (Wildman–Crippen MR) is 67.4 cm³/mol. The first-order valence-electron chi connectivity index (χ1n) is 5.00. The molecule has 0 aromatic heterocycles. The average Bonchev–Trinajstić information content (AvgIpc) is 1.59. The summed E-state index contributed by atoms with van der Waals surface area (Å²) in [5.41, 5.74) is 1.00. The van der Waals surface area contributed by atoms with Crippen molar-refractivity contribution < 1.29 is 0 Å². The van der Waals surface area contributed by atoms with Gasteiger partial charge in [0.1, 0.15) is 0 Å². The first-order valence-corrected chi connectivity index (χ1v) is 5.00. The Morgan fingerprint density at radius 3 is 0.462 bits per heavy atom. The minimum atomic E-state index is 0. The smallest absolute Gasteiger partial charge is 0 e. The van der Waals surface area contributed by atoms with E-state index in [1.165, 1.54) is 0 Å². The maximum absolute atomic E-state index is 2.19. The van der Waals surface area contributed by atoms with Crippen LogP contribution in [0.15, 0.2) is 0 Å². The van der Waals surface area contributed by atoms with Gasteiger partial charge in [-0.1, -0.05) is 69.2 Å².